The Balaban J connectivity index is 1.57. The maximum atomic E-state index is 12.6. The highest BCUT2D eigenvalue weighted by Crippen LogP contribution is 2.18. The van der Waals surface area contributed by atoms with Crippen LogP contribution < -0.4 is 15.4 Å². The van der Waals surface area contributed by atoms with Gasteiger partial charge < -0.3 is 15.4 Å². The highest BCUT2D eigenvalue weighted by Gasteiger charge is 2.15. The minimum Gasteiger partial charge on any atom is -0.435 e. The van der Waals surface area contributed by atoms with E-state index < -0.39 is 6.61 Å². The molecule has 32 heavy (non-hydrogen) atoms. The molecule has 3 aromatic rings. The molecule has 0 saturated carbocycles. The average Bonchev–Trinajstić information content (AvgIpc) is 2.75. The van der Waals surface area contributed by atoms with Crippen LogP contribution in [0.3, 0.4) is 0 Å². The summed E-state index contributed by atoms with van der Waals surface area (Å²) < 4.78 is 28.8. The van der Waals surface area contributed by atoms with Crippen LogP contribution in [0.5, 0.6) is 5.75 Å². The molecule has 3 rings (SSSR count). The Morgan fingerprint density at radius 1 is 0.906 bits per heavy atom. The van der Waals surface area contributed by atoms with Crippen molar-refractivity contribution in [1.29, 1.82) is 0 Å². The summed E-state index contributed by atoms with van der Waals surface area (Å²) in [7, 11) is 1.76. The second kappa shape index (κ2) is 11.0. The van der Waals surface area contributed by atoms with Crippen LogP contribution in [-0.2, 0) is 11.3 Å². The van der Waals surface area contributed by atoms with Gasteiger partial charge in [0.15, 0.2) is 0 Å². The molecule has 0 fully saturated rings. The number of rotatable bonds is 9. The van der Waals surface area contributed by atoms with Crippen LogP contribution in [0.1, 0.15) is 15.9 Å². The lowest BCUT2D eigenvalue weighted by Crippen LogP contribution is -2.30. The smallest absolute Gasteiger partial charge is 0.387 e. The van der Waals surface area contributed by atoms with Gasteiger partial charge >= 0.3 is 6.61 Å². The normalized spacial score (nSPS) is 10.8. The summed E-state index contributed by atoms with van der Waals surface area (Å²) >= 11 is 0. The molecule has 0 heterocycles. The van der Waals surface area contributed by atoms with E-state index >= 15 is 0 Å². The first kappa shape index (κ1) is 22.9. The van der Waals surface area contributed by atoms with Crippen molar-refractivity contribution in [2.45, 2.75) is 13.2 Å². The predicted octanol–water partition coefficient (Wildman–Crippen LogP) is 4.61. The number of nitrogens with one attached hydrogen (secondary N) is 2. The first-order valence-electron chi connectivity index (χ1n) is 9.88. The van der Waals surface area contributed by atoms with Crippen LogP contribution in [0.4, 0.5) is 20.2 Å². The zero-order chi connectivity index (χ0) is 22.9. The van der Waals surface area contributed by atoms with Gasteiger partial charge in [-0.1, -0.05) is 42.5 Å². The number of nitrogens with zero attached hydrogens (tertiary/aromatic N) is 1. The van der Waals surface area contributed by atoms with Crippen molar-refractivity contribution < 1.29 is 23.1 Å². The summed E-state index contributed by atoms with van der Waals surface area (Å²) in [4.78, 5) is 26.9. The number of hydrogen-bond donors (Lipinski definition) is 2. The first-order valence-corrected chi connectivity index (χ1v) is 9.88. The second-order valence-electron chi connectivity index (χ2n) is 7.11. The third-order valence-corrected chi connectivity index (χ3v) is 4.49. The standard InChI is InChI=1S/C24H23F2N3O3/c1-29(15-17-11-13-19(14-12-17)32-24(25)26)16-22(30)28-21-10-6-5-9-20(21)23(31)27-18-7-3-2-4-8-18/h2-14,24H,15-16H2,1H3,(H,27,31)(H,28,30). The fourth-order valence-electron chi connectivity index (χ4n) is 3.09. The SMILES string of the molecule is CN(CC(=O)Nc1ccccc1C(=O)Nc1ccccc1)Cc1ccc(OC(F)F)cc1. The average molecular weight is 439 g/mol. The van der Waals surface area contributed by atoms with E-state index in [-0.39, 0.29) is 24.1 Å². The molecule has 166 valence electrons. The van der Waals surface area contributed by atoms with E-state index in [0.29, 0.717) is 23.5 Å². The molecular weight excluding hydrogens is 416 g/mol. The van der Waals surface area contributed by atoms with Crippen LogP contribution in [0, 0.1) is 0 Å². The zero-order valence-electron chi connectivity index (χ0n) is 17.4. The van der Waals surface area contributed by atoms with Gasteiger partial charge in [0.25, 0.3) is 5.91 Å². The van der Waals surface area contributed by atoms with Gasteiger partial charge in [-0.3, -0.25) is 14.5 Å². The van der Waals surface area contributed by atoms with Crippen LogP contribution in [-0.4, -0.2) is 36.9 Å². The molecule has 0 spiro atoms. The number of amides is 2. The molecule has 0 radical (unpaired) electrons. The number of para-hydroxylation sites is 2. The number of hydrogen-bond acceptors (Lipinski definition) is 4. The van der Waals surface area contributed by atoms with Gasteiger partial charge in [-0.15, -0.1) is 0 Å². The van der Waals surface area contributed by atoms with Crippen LogP contribution >= 0.6 is 0 Å². The lowest BCUT2D eigenvalue weighted by Gasteiger charge is -2.17. The summed E-state index contributed by atoms with van der Waals surface area (Å²) in [5.41, 5.74) is 2.25. The highest BCUT2D eigenvalue weighted by atomic mass is 19.3. The Hall–Kier alpha value is -3.78. The molecule has 2 N–H and O–H groups in total. The van der Waals surface area contributed by atoms with Gasteiger partial charge in [0.1, 0.15) is 5.75 Å². The minimum atomic E-state index is -2.87. The molecule has 0 aliphatic carbocycles. The van der Waals surface area contributed by atoms with Crippen molar-refractivity contribution in [3.8, 4) is 5.75 Å². The number of likely N-dealkylation sites (N-methyl/N-ethyl adjacent to an activating group) is 1. The van der Waals surface area contributed by atoms with Gasteiger partial charge in [-0.25, -0.2) is 0 Å². The molecule has 3 aromatic carbocycles. The van der Waals surface area contributed by atoms with Crippen molar-refractivity contribution in [2.75, 3.05) is 24.2 Å². The predicted molar refractivity (Wildman–Crippen MR) is 119 cm³/mol. The van der Waals surface area contributed by atoms with Crippen molar-refractivity contribution in [3.05, 3.63) is 90.0 Å². The van der Waals surface area contributed by atoms with Gasteiger partial charge in [-0.2, -0.15) is 8.78 Å². The fraction of sp³-hybridized carbons (Fsp3) is 0.167. The Morgan fingerprint density at radius 2 is 1.56 bits per heavy atom. The topological polar surface area (TPSA) is 70.7 Å². The highest BCUT2D eigenvalue weighted by molar-refractivity contribution is 6.10. The number of halogens is 2. The molecule has 0 unspecified atom stereocenters. The third kappa shape index (κ3) is 6.88. The zero-order valence-corrected chi connectivity index (χ0v) is 17.4. The Labute approximate surface area is 184 Å². The van der Waals surface area contributed by atoms with Crippen molar-refractivity contribution in [1.82, 2.24) is 4.90 Å². The summed E-state index contributed by atoms with van der Waals surface area (Å²) in [5.74, 6) is -0.536. The summed E-state index contributed by atoms with van der Waals surface area (Å²) in [6.07, 6.45) is 0. The maximum absolute atomic E-state index is 12.6. The molecule has 0 aliphatic heterocycles. The number of carbonyl (C=O) groups is 2. The van der Waals surface area contributed by atoms with E-state index in [9.17, 15) is 18.4 Å². The second-order valence-corrected chi connectivity index (χ2v) is 7.11. The summed E-state index contributed by atoms with van der Waals surface area (Å²) in [6.45, 7) is -2.37. The molecular formula is C24H23F2N3O3. The molecule has 0 bridgehead atoms. The Bertz CT molecular complexity index is 1040. The molecule has 8 heteroatoms. The third-order valence-electron chi connectivity index (χ3n) is 4.49. The van der Waals surface area contributed by atoms with Crippen molar-refractivity contribution in [3.63, 3.8) is 0 Å². The van der Waals surface area contributed by atoms with E-state index in [1.54, 1.807) is 60.5 Å². The van der Waals surface area contributed by atoms with E-state index in [1.807, 2.05) is 18.2 Å². The molecule has 6 nitrogen and oxygen atoms in total. The van der Waals surface area contributed by atoms with Crippen LogP contribution in [0.15, 0.2) is 78.9 Å². The quantitative estimate of drug-likeness (QED) is 0.511. The van der Waals surface area contributed by atoms with Gasteiger partial charge in [0, 0.05) is 12.2 Å². The van der Waals surface area contributed by atoms with Crippen molar-refractivity contribution in [2.24, 2.45) is 0 Å². The fourth-order valence-corrected chi connectivity index (χ4v) is 3.09. The maximum Gasteiger partial charge on any atom is 0.387 e. The Morgan fingerprint density at radius 3 is 2.25 bits per heavy atom. The van der Waals surface area contributed by atoms with Gasteiger partial charge in [-0.05, 0) is 49.0 Å². The number of alkyl halides is 2. The van der Waals surface area contributed by atoms with E-state index in [4.69, 9.17) is 0 Å². The lowest BCUT2D eigenvalue weighted by atomic mass is 10.1. The van der Waals surface area contributed by atoms with E-state index in [0.717, 1.165) is 5.56 Å². The molecule has 2 amide bonds. The first-order chi connectivity index (χ1) is 15.4. The number of ether oxygens (including phenoxy) is 1. The minimum absolute atomic E-state index is 0.0733. The monoisotopic (exact) mass is 439 g/mol. The van der Waals surface area contributed by atoms with E-state index in [2.05, 4.69) is 15.4 Å². The molecule has 0 saturated heterocycles. The van der Waals surface area contributed by atoms with Gasteiger partial charge in [0.2, 0.25) is 5.91 Å². The van der Waals surface area contributed by atoms with Crippen molar-refractivity contribution >= 4 is 23.2 Å². The van der Waals surface area contributed by atoms with Crippen LogP contribution in [0.2, 0.25) is 0 Å². The summed E-state index contributed by atoms with van der Waals surface area (Å²) in [5, 5.41) is 5.58. The number of benzene rings is 3. The van der Waals surface area contributed by atoms with E-state index in [1.165, 1.54) is 12.1 Å². The van der Waals surface area contributed by atoms with Gasteiger partial charge in [0.05, 0.1) is 17.8 Å². The van der Waals surface area contributed by atoms with Crippen LogP contribution in [0.25, 0.3) is 0 Å². The summed E-state index contributed by atoms with van der Waals surface area (Å²) in [6, 6.07) is 22.0. The molecule has 0 aromatic heterocycles. The molecule has 0 atom stereocenters. The lowest BCUT2D eigenvalue weighted by molar-refractivity contribution is -0.117. The Kier molecular flexibility index (Phi) is 7.88. The largest absolute Gasteiger partial charge is 0.435 e. The number of carbonyl (C=O) groups excluding carboxylic acids is 2. The number of anilines is 2. The molecule has 0 aliphatic rings.